The van der Waals surface area contributed by atoms with Gasteiger partial charge in [-0.25, -0.2) is 18.0 Å². The van der Waals surface area contributed by atoms with Gasteiger partial charge in [-0.2, -0.15) is 0 Å². The number of aliphatic hydroxyl groups excluding tert-OH is 1. The first-order chi connectivity index (χ1) is 15.3. The summed E-state index contributed by atoms with van der Waals surface area (Å²) < 4.78 is 47.3. The molecule has 0 radical (unpaired) electrons. The van der Waals surface area contributed by atoms with Crippen LogP contribution in [0.2, 0.25) is 0 Å². The first-order valence-electron chi connectivity index (χ1n) is 10.6. The van der Waals surface area contributed by atoms with E-state index in [2.05, 4.69) is 10.3 Å². The summed E-state index contributed by atoms with van der Waals surface area (Å²) >= 11 is 0. The van der Waals surface area contributed by atoms with Crippen LogP contribution in [0.15, 0.2) is 36.4 Å². The van der Waals surface area contributed by atoms with Gasteiger partial charge in [-0.1, -0.05) is 13.8 Å². The van der Waals surface area contributed by atoms with Crippen LogP contribution < -0.4 is 5.32 Å². The average Bonchev–Trinajstić information content (AvgIpc) is 3.08. The molecule has 1 atom stereocenters. The third kappa shape index (κ3) is 4.32. The smallest absolute Gasteiger partial charge is 0.407 e. The van der Waals surface area contributed by atoms with Crippen LogP contribution in [0, 0.1) is 23.4 Å². The first-order valence-corrected chi connectivity index (χ1v) is 10.6. The van der Waals surface area contributed by atoms with Gasteiger partial charge in [0, 0.05) is 11.5 Å². The predicted molar refractivity (Wildman–Crippen MR) is 115 cm³/mol. The number of aromatic amines is 1. The average molecular weight is 446 g/mol. The van der Waals surface area contributed by atoms with Gasteiger partial charge in [0.25, 0.3) is 0 Å². The Bertz CT molecular complexity index is 1120. The number of benzene rings is 2. The molecule has 3 aromatic rings. The number of carbonyl (C=O) groups excluding carboxylic acids is 1. The number of H-pyrrole nitrogens is 1. The number of ether oxygens (including phenoxy) is 1. The molecule has 32 heavy (non-hydrogen) atoms. The number of carbonyl (C=O) groups is 1. The fourth-order valence-electron chi connectivity index (χ4n) is 4.17. The third-order valence-electron chi connectivity index (χ3n) is 6.08. The lowest BCUT2D eigenvalue weighted by Gasteiger charge is -2.35. The van der Waals surface area contributed by atoms with Crippen LogP contribution >= 0.6 is 0 Å². The molecule has 1 heterocycles. The zero-order valence-corrected chi connectivity index (χ0v) is 17.8. The van der Waals surface area contributed by atoms with Crippen molar-refractivity contribution in [1.29, 1.82) is 0 Å². The zero-order valence-electron chi connectivity index (χ0n) is 17.8. The van der Waals surface area contributed by atoms with Gasteiger partial charge in [0.15, 0.2) is 0 Å². The van der Waals surface area contributed by atoms with Crippen molar-refractivity contribution in [1.82, 2.24) is 10.3 Å². The van der Waals surface area contributed by atoms with Crippen molar-refractivity contribution in [2.45, 2.75) is 44.8 Å². The highest BCUT2D eigenvalue weighted by Gasteiger charge is 2.37. The lowest BCUT2D eigenvalue weighted by Crippen LogP contribution is -2.44. The molecular formula is C24H25F3N2O3. The van der Waals surface area contributed by atoms with Gasteiger partial charge in [-0.05, 0) is 66.1 Å². The van der Waals surface area contributed by atoms with E-state index < -0.39 is 29.6 Å². The zero-order chi connectivity index (χ0) is 23.0. The Balaban J connectivity index is 1.57. The summed E-state index contributed by atoms with van der Waals surface area (Å²) in [7, 11) is 0. The number of alkyl carbamates (subject to hydrolysis) is 1. The number of aliphatic hydroxyl groups is 1. The van der Waals surface area contributed by atoms with E-state index in [1.807, 2.05) is 13.8 Å². The number of rotatable bonds is 6. The van der Waals surface area contributed by atoms with E-state index in [0.29, 0.717) is 29.5 Å². The number of hydrogen-bond donors (Lipinski definition) is 3. The highest BCUT2D eigenvalue weighted by Crippen LogP contribution is 2.46. The number of amides is 1. The largest absolute Gasteiger partial charge is 0.446 e. The van der Waals surface area contributed by atoms with Crippen LogP contribution in [0.4, 0.5) is 18.0 Å². The summed E-state index contributed by atoms with van der Waals surface area (Å²) in [4.78, 5) is 15.2. The molecule has 1 aromatic heterocycles. The van der Waals surface area contributed by atoms with E-state index in [1.165, 1.54) is 18.2 Å². The highest BCUT2D eigenvalue weighted by atomic mass is 19.1. The molecule has 170 valence electrons. The van der Waals surface area contributed by atoms with Crippen molar-refractivity contribution < 1.29 is 27.8 Å². The van der Waals surface area contributed by atoms with Gasteiger partial charge in [-0.3, -0.25) is 0 Å². The van der Waals surface area contributed by atoms with Crippen molar-refractivity contribution in [2.24, 2.45) is 5.92 Å². The second-order valence-electron chi connectivity index (χ2n) is 8.60. The molecule has 1 fully saturated rings. The number of nitrogens with one attached hydrogen (secondary N) is 2. The lowest BCUT2D eigenvalue weighted by atomic mass is 9.75. The highest BCUT2D eigenvalue weighted by molar-refractivity contribution is 5.92. The van der Waals surface area contributed by atoms with Crippen molar-refractivity contribution in [3.8, 4) is 11.3 Å². The fourth-order valence-corrected chi connectivity index (χ4v) is 4.17. The first kappa shape index (κ1) is 22.2. The normalized spacial score (nSPS) is 19.1. The van der Waals surface area contributed by atoms with Crippen LogP contribution in [-0.4, -0.2) is 34.9 Å². The van der Waals surface area contributed by atoms with Crippen molar-refractivity contribution in [3.63, 3.8) is 0 Å². The molecular weight excluding hydrogens is 421 g/mol. The Hall–Kier alpha value is -3.00. The SMILES string of the molecule is CC(C)C(CO)NC(=O)OC1CC(c2c(-c3ccc(F)cc3)[nH]c3c(F)cc(F)cc23)C1. The minimum Gasteiger partial charge on any atom is -0.446 e. The molecule has 1 saturated carbocycles. The molecule has 0 bridgehead atoms. The standard InChI is InChI=1S/C24H25F3N2O3/c1-12(2)20(11-30)28-24(31)32-17-7-14(8-17)21-18-9-16(26)10-19(27)23(18)29-22(21)13-3-5-15(25)6-4-13/h3-6,9-10,12,14,17,20,29-30H,7-8,11H2,1-2H3,(H,28,31). The quantitative estimate of drug-likeness (QED) is 0.485. The molecule has 1 aliphatic rings. The minimum absolute atomic E-state index is 0.0518. The molecule has 0 aliphatic heterocycles. The van der Waals surface area contributed by atoms with E-state index in [-0.39, 0.29) is 30.1 Å². The maximum atomic E-state index is 14.4. The van der Waals surface area contributed by atoms with Crippen molar-refractivity contribution in [3.05, 3.63) is 59.4 Å². The number of halogens is 3. The monoisotopic (exact) mass is 446 g/mol. The molecule has 0 spiro atoms. The van der Waals surface area contributed by atoms with E-state index in [0.717, 1.165) is 11.6 Å². The van der Waals surface area contributed by atoms with Crippen molar-refractivity contribution in [2.75, 3.05) is 6.61 Å². The Labute approximate surface area is 183 Å². The van der Waals surface area contributed by atoms with Gasteiger partial charge >= 0.3 is 6.09 Å². The Morgan fingerprint density at radius 2 is 1.84 bits per heavy atom. The summed E-state index contributed by atoms with van der Waals surface area (Å²) in [5.74, 6) is -1.83. The summed E-state index contributed by atoms with van der Waals surface area (Å²) in [5.41, 5.74) is 2.16. The summed E-state index contributed by atoms with van der Waals surface area (Å²) in [5, 5.41) is 12.4. The molecule has 0 saturated heterocycles. The van der Waals surface area contributed by atoms with Crippen LogP contribution in [0.5, 0.6) is 0 Å². The second-order valence-corrected chi connectivity index (χ2v) is 8.60. The molecule has 1 amide bonds. The number of aromatic nitrogens is 1. The second kappa shape index (κ2) is 8.86. The lowest BCUT2D eigenvalue weighted by molar-refractivity contribution is 0.0349. The van der Waals surface area contributed by atoms with Gasteiger partial charge in [0.05, 0.1) is 23.9 Å². The Kier molecular flexibility index (Phi) is 6.15. The predicted octanol–water partition coefficient (Wildman–Crippen LogP) is 5.24. The van der Waals surface area contributed by atoms with Crippen LogP contribution in [0.3, 0.4) is 0 Å². The van der Waals surface area contributed by atoms with Crippen LogP contribution in [-0.2, 0) is 4.74 Å². The molecule has 8 heteroatoms. The van der Waals surface area contributed by atoms with Gasteiger partial charge < -0.3 is 20.1 Å². The molecule has 1 aliphatic carbocycles. The van der Waals surface area contributed by atoms with Gasteiger partial charge in [-0.15, -0.1) is 0 Å². The maximum Gasteiger partial charge on any atom is 0.407 e. The van der Waals surface area contributed by atoms with Crippen molar-refractivity contribution >= 4 is 17.0 Å². The summed E-state index contributed by atoms with van der Waals surface area (Å²) in [6.07, 6.45) is 0.0167. The molecule has 2 aromatic carbocycles. The van der Waals surface area contributed by atoms with Crippen LogP contribution in [0.25, 0.3) is 22.2 Å². The Morgan fingerprint density at radius 3 is 2.47 bits per heavy atom. The number of hydrogen-bond acceptors (Lipinski definition) is 3. The molecule has 1 unspecified atom stereocenters. The maximum absolute atomic E-state index is 14.4. The summed E-state index contributed by atoms with van der Waals surface area (Å²) in [6, 6.07) is 7.49. The number of fused-ring (bicyclic) bond motifs is 1. The molecule has 3 N–H and O–H groups in total. The van der Waals surface area contributed by atoms with E-state index in [4.69, 9.17) is 4.74 Å². The summed E-state index contributed by atoms with van der Waals surface area (Å²) in [6.45, 7) is 3.58. The third-order valence-corrected chi connectivity index (χ3v) is 6.08. The van der Waals surface area contributed by atoms with E-state index in [1.54, 1.807) is 12.1 Å². The van der Waals surface area contributed by atoms with Gasteiger partial charge in [0.1, 0.15) is 23.6 Å². The topological polar surface area (TPSA) is 74.3 Å². The molecule has 4 rings (SSSR count). The molecule has 5 nitrogen and oxygen atoms in total. The fraction of sp³-hybridized carbons (Fsp3) is 0.375. The minimum atomic E-state index is -0.704. The van der Waals surface area contributed by atoms with Crippen LogP contribution in [0.1, 0.15) is 38.2 Å². The van der Waals surface area contributed by atoms with Gasteiger partial charge in [0.2, 0.25) is 0 Å². The van der Waals surface area contributed by atoms with E-state index in [9.17, 15) is 23.1 Å². The van der Waals surface area contributed by atoms with E-state index >= 15 is 0 Å². The Morgan fingerprint density at radius 1 is 1.16 bits per heavy atom.